The maximum absolute atomic E-state index is 12.0. The Balaban J connectivity index is 1.45. The van der Waals surface area contributed by atoms with Crippen LogP contribution in [0.25, 0.3) is 0 Å². The Morgan fingerprint density at radius 1 is 1.33 bits per heavy atom. The number of hydrogen-bond donors (Lipinski definition) is 2. The molecule has 24 heavy (non-hydrogen) atoms. The summed E-state index contributed by atoms with van der Waals surface area (Å²) < 4.78 is 5.32. The number of likely N-dealkylation sites (tertiary alicyclic amines) is 1. The minimum absolute atomic E-state index is 0.00264. The Labute approximate surface area is 144 Å². The van der Waals surface area contributed by atoms with Crippen LogP contribution in [0.4, 0.5) is 4.79 Å². The summed E-state index contributed by atoms with van der Waals surface area (Å²) >= 11 is 0. The zero-order valence-corrected chi connectivity index (χ0v) is 15.0. The van der Waals surface area contributed by atoms with Crippen LogP contribution in [-0.4, -0.2) is 54.2 Å². The van der Waals surface area contributed by atoms with Crippen LogP contribution in [0.3, 0.4) is 0 Å². The van der Waals surface area contributed by atoms with E-state index in [0.717, 1.165) is 45.2 Å². The lowest BCUT2D eigenvalue weighted by molar-refractivity contribution is -0.128. The van der Waals surface area contributed by atoms with Crippen molar-refractivity contribution in [3.8, 4) is 0 Å². The third-order valence-corrected chi connectivity index (χ3v) is 5.69. The van der Waals surface area contributed by atoms with Crippen LogP contribution in [0.5, 0.6) is 0 Å². The van der Waals surface area contributed by atoms with E-state index in [1.54, 1.807) is 0 Å². The van der Waals surface area contributed by atoms with Crippen LogP contribution in [0, 0.1) is 5.92 Å². The first-order chi connectivity index (χ1) is 11.5. The van der Waals surface area contributed by atoms with Gasteiger partial charge in [0.25, 0.3) is 0 Å². The van der Waals surface area contributed by atoms with Crippen molar-refractivity contribution in [1.82, 2.24) is 15.5 Å². The molecule has 1 unspecified atom stereocenters. The zero-order chi connectivity index (χ0) is 17.2. The van der Waals surface area contributed by atoms with Crippen LogP contribution in [0.15, 0.2) is 0 Å². The first kappa shape index (κ1) is 17.5. The fourth-order valence-electron chi connectivity index (χ4n) is 4.10. The predicted octanol–water partition coefficient (Wildman–Crippen LogP) is 2.03. The van der Waals surface area contributed by atoms with Crippen LogP contribution < -0.4 is 10.6 Å². The summed E-state index contributed by atoms with van der Waals surface area (Å²) in [7, 11) is 0. The van der Waals surface area contributed by atoms with E-state index in [1.165, 1.54) is 6.42 Å². The molecule has 3 rings (SSSR count). The maximum atomic E-state index is 12.0. The van der Waals surface area contributed by atoms with Gasteiger partial charge in [-0.3, -0.25) is 4.79 Å². The monoisotopic (exact) mass is 337 g/mol. The average Bonchev–Trinajstić information content (AvgIpc) is 2.53. The van der Waals surface area contributed by atoms with E-state index in [-0.39, 0.29) is 17.5 Å². The summed E-state index contributed by atoms with van der Waals surface area (Å²) in [5.41, 5.74) is 0.00264. The second kappa shape index (κ2) is 7.30. The molecule has 0 radical (unpaired) electrons. The molecule has 1 atom stereocenters. The SMILES string of the molecule is CC(C)COC(=O)N1CCC(NC2CCC(=O)NC23CCC3)CC1. The van der Waals surface area contributed by atoms with Crippen molar-refractivity contribution in [3.05, 3.63) is 0 Å². The van der Waals surface area contributed by atoms with Crippen molar-refractivity contribution in [3.63, 3.8) is 0 Å². The van der Waals surface area contributed by atoms with Crippen molar-refractivity contribution < 1.29 is 14.3 Å². The lowest BCUT2D eigenvalue weighted by Gasteiger charge is -2.52. The van der Waals surface area contributed by atoms with E-state index in [4.69, 9.17) is 4.74 Å². The molecule has 0 bridgehead atoms. The molecule has 3 fully saturated rings. The third-order valence-electron chi connectivity index (χ3n) is 5.69. The van der Waals surface area contributed by atoms with Gasteiger partial charge in [-0.1, -0.05) is 13.8 Å². The van der Waals surface area contributed by atoms with Crippen molar-refractivity contribution in [1.29, 1.82) is 0 Å². The highest BCUT2D eigenvalue weighted by Crippen LogP contribution is 2.39. The zero-order valence-electron chi connectivity index (χ0n) is 15.0. The Hall–Kier alpha value is -1.30. The van der Waals surface area contributed by atoms with E-state index >= 15 is 0 Å². The number of ether oxygens (including phenoxy) is 1. The Bertz CT molecular complexity index is 468. The topological polar surface area (TPSA) is 70.7 Å². The minimum atomic E-state index is -0.178. The van der Waals surface area contributed by atoms with Crippen molar-refractivity contribution >= 4 is 12.0 Å². The van der Waals surface area contributed by atoms with Crippen molar-refractivity contribution in [2.75, 3.05) is 19.7 Å². The molecule has 1 spiro atoms. The molecule has 0 aromatic rings. The molecule has 6 nitrogen and oxygen atoms in total. The first-order valence-electron chi connectivity index (χ1n) is 9.47. The molecule has 2 amide bonds. The number of piperidine rings is 2. The van der Waals surface area contributed by atoms with E-state index in [9.17, 15) is 9.59 Å². The summed E-state index contributed by atoms with van der Waals surface area (Å²) in [5, 5.41) is 7.02. The van der Waals surface area contributed by atoms with E-state index in [2.05, 4.69) is 10.6 Å². The van der Waals surface area contributed by atoms with Gasteiger partial charge in [-0.15, -0.1) is 0 Å². The molecule has 1 saturated carbocycles. The summed E-state index contributed by atoms with van der Waals surface area (Å²) in [6.45, 7) is 6.08. The van der Waals surface area contributed by atoms with Gasteiger partial charge in [0, 0.05) is 31.6 Å². The second-order valence-corrected chi connectivity index (χ2v) is 8.05. The van der Waals surface area contributed by atoms with Crippen LogP contribution in [0.2, 0.25) is 0 Å². The van der Waals surface area contributed by atoms with Gasteiger partial charge in [0.15, 0.2) is 0 Å². The number of nitrogens with zero attached hydrogens (tertiary/aromatic N) is 1. The van der Waals surface area contributed by atoms with Gasteiger partial charge in [0.05, 0.1) is 12.1 Å². The summed E-state index contributed by atoms with van der Waals surface area (Å²) in [4.78, 5) is 25.6. The molecule has 3 aliphatic rings. The van der Waals surface area contributed by atoms with E-state index in [0.29, 0.717) is 31.0 Å². The highest BCUT2D eigenvalue weighted by Gasteiger charge is 2.48. The molecule has 2 saturated heterocycles. The summed E-state index contributed by atoms with van der Waals surface area (Å²) in [6, 6.07) is 0.810. The number of carbonyl (C=O) groups is 2. The van der Waals surface area contributed by atoms with Gasteiger partial charge < -0.3 is 20.3 Å². The lowest BCUT2D eigenvalue weighted by atomic mass is 9.68. The quantitative estimate of drug-likeness (QED) is 0.823. The van der Waals surface area contributed by atoms with E-state index < -0.39 is 0 Å². The number of amides is 2. The average molecular weight is 337 g/mol. The highest BCUT2D eigenvalue weighted by atomic mass is 16.6. The Morgan fingerprint density at radius 3 is 2.62 bits per heavy atom. The van der Waals surface area contributed by atoms with Crippen LogP contribution in [-0.2, 0) is 9.53 Å². The molecule has 136 valence electrons. The molecule has 6 heteroatoms. The first-order valence-corrected chi connectivity index (χ1v) is 9.47. The fourth-order valence-corrected chi connectivity index (χ4v) is 4.10. The molecular weight excluding hydrogens is 306 g/mol. The predicted molar refractivity (Wildman–Crippen MR) is 91.7 cm³/mol. The van der Waals surface area contributed by atoms with Gasteiger partial charge in [0.2, 0.25) is 5.91 Å². The minimum Gasteiger partial charge on any atom is -0.449 e. The molecule has 2 aliphatic heterocycles. The van der Waals surface area contributed by atoms with Crippen LogP contribution in [0.1, 0.15) is 58.8 Å². The van der Waals surface area contributed by atoms with Gasteiger partial charge >= 0.3 is 6.09 Å². The van der Waals surface area contributed by atoms with Crippen LogP contribution >= 0.6 is 0 Å². The molecular formula is C18H31N3O3. The molecule has 1 aliphatic carbocycles. The molecule has 0 aromatic heterocycles. The largest absolute Gasteiger partial charge is 0.449 e. The number of hydrogen-bond acceptors (Lipinski definition) is 4. The smallest absolute Gasteiger partial charge is 0.409 e. The van der Waals surface area contributed by atoms with Gasteiger partial charge in [-0.2, -0.15) is 0 Å². The highest BCUT2D eigenvalue weighted by molar-refractivity contribution is 5.78. The number of rotatable bonds is 4. The standard InChI is InChI=1S/C18H31N3O3/c1-13(2)12-24-17(23)21-10-6-14(7-11-21)19-15-4-5-16(22)20-18(15)8-3-9-18/h13-15,19H,3-12H2,1-2H3,(H,20,22). The van der Waals surface area contributed by atoms with E-state index in [1.807, 2.05) is 18.7 Å². The lowest BCUT2D eigenvalue weighted by Crippen LogP contribution is -2.69. The molecule has 0 aromatic carbocycles. The summed E-state index contributed by atoms with van der Waals surface area (Å²) in [6.07, 6.45) is 6.69. The summed E-state index contributed by atoms with van der Waals surface area (Å²) in [5.74, 6) is 0.573. The van der Waals surface area contributed by atoms with Crippen molar-refractivity contribution in [2.45, 2.75) is 76.4 Å². The van der Waals surface area contributed by atoms with Gasteiger partial charge in [-0.25, -0.2) is 4.79 Å². The maximum Gasteiger partial charge on any atom is 0.409 e. The third kappa shape index (κ3) is 3.85. The van der Waals surface area contributed by atoms with Crippen molar-refractivity contribution in [2.24, 2.45) is 5.92 Å². The Kier molecular flexibility index (Phi) is 5.33. The van der Waals surface area contributed by atoms with Gasteiger partial charge in [0.1, 0.15) is 0 Å². The number of carbonyl (C=O) groups excluding carboxylic acids is 2. The molecule has 2 heterocycles. The fraction of sp³-hybridized carbons (Fsp3) is 0.889. The van der Waals surface area contributed by atoms with Gasteiger partial charge in [-0.05, 0) is 44.4 Å². The normalized spacial score (nSPS) is 27.0. The molecule has 2 N–H and O–H groups in total. The second-order valence-electron chi connectivity index (χ2n) is 8.05. The Morgan fingerprint density at radius 2 is 2.04 bits per heavy atom. The number of nitrogens with one attached hydrogen (secondary N) is 2.